The molecule has 1 aromatic carbocycles. The summed E-state index contributed by atoms with van der Waals surface area (Å²) in [6.07, 6.45) is 0. The monoisotopic (exact) mass is 298 g/mol. The van der Waals surface area contributed by atoms with Gasteiger partial charge in [-0.05, 0) is 18.2 Å². The Morgan fingerprint density at radius 3 is 2.82 bits per heavy atom. The maximum Gasteiger partial charge on any atom is 0.146 e. The Kier molecular flexibility index (Phi) is 3.36. The molecule has 1 aliphatic heterocycles. The lowest BCUT2D eigenvalue weighted by Crippen LogP contribution is -2.49. The lowest BCUT2D eigenvalue weighted by molar-refractivity contribution is -0.0717. The van der Waals surface area contributed by atoms with Gasteiger partial charge in [0.15, 0.2) is 0 Å². The first-order valence-corrected chi connectivity index (χ1v) is 6.01. The Morgan fingerprint density at radius 1 is 1.59 bits per heavy atom. The molecule has 17 heavy (non-hydrogen) atoms. The van der Waals surface area contributed by atoms with E-state index >= 15 is 0 Å². The van der Waals surface area contributed by atoms with E-state index in [4.69, 9.17) is 10.00 Å². The van der Waals surface area contributed by atoms with Crippen LogP contribution in [-0.2, 0) is 4.74 Å². The Hall–Kier alpha value is -1.12. The molecule has 1 saturated heterocycles. The molecule has 0 atom stereocenters. The van der Waals surface area contributed by atoms with Gasteiger partial charge in [0.1, 0.15) is 11.2 Å². The van der Waals surface area contributed by atoms with Gasteiger partial charge in [-0.25, -0.2) is 4.39 Å². The minimum absolute atomic E-state index is 0.288. The van der Waals surface area contributed by atoms with E-state index in [-0.39, 0.29) is 5.82 Å². The molecule has 0 aliphatic carbocycles. The van der Waals surface area contributed by atoms with Gasteiger partial charge in [0, 0.05) is 18.1 Å². The van der Waals surface area contributed by atoms with Crippen molar-refractivity contribution >= 4 is 21.6 Å². The van der Waals surface area contributed by atoms with E-state index in [9.17, 15) is 4.39 Å². The predicted molar refractivity (Wildman–Crippen MR) is 66.2 cm³/mol. The van der Waals surface area contributed by atoms with Crippen molar-refractivity contribution in [2.45, 2.75) is 0 Å². The molecule has 0 radical (unpaired) electrons. The van der Waals surface area contributed by atoms with E-state index in [0.29, 0.717) is 25.4 Å². The van der Waals surface area contributed by atoms with E-state index in [1.807, 2.05) is 0 Å². The molecule has 1 heterocycles. The zero-order valence-corrected chi connectivity index (χ0v) is 11.0. The van der Waals surface area contributed by atoms with Crippen molar-refractivity contribution in [1.29, 1.82) is 5.26 Å². The highest BCUT2D eigenvalue weighted by Crippen LogP contribution is 2.31. The normalized spacial score (nSPS) is 17.1. The van der Waals surface area contributed by atoms with Gasteiger partial charge in [-0.1, -0.05) is 15.9 Å². The van der Waals surface area contributed by atoms with Gasteiger partial charge in [0.2, 0.25) is 0 Å². The molecular weight excluding hydrogens is 287 g/mol. The molecule has 0 saturated carbocycles. The van der Waals surface area contributed by atoms with Gasteiger partial charge in [0.05, 0.1) is 25.0 Å². The van der Waals surface area contributed by atoms with Crippen molar-refractivity contribution in [3.05, 3.63) is 28.5 Å². The smallest absolute Gasteiger partial charge is 0.146 e. The van der Waals surface area contributed by atoms with Gasteiger partial charge in [0.25, 0.3) is 0 Å². The highest BCUT2D eigenvalue weighted by molar-refractivity contribution is 9.10. The average molecular weight is 299 g/mol. The van der Waals surface area contributed by atoms with Crippen LogP contribution < -0.4 is 4.90 Å². The van der Waals surface area contributed by atoms with E-state index < -0.39 is 5.41 Å². The third kappa shape index (κ3) is 2.43. The second-order valence-corrected chi connectivity index (χ2v) is 5.25. The fourth-order valence-electron chi connectivity index (χ4n) is 1.86. The summed E-state index contributed by atoms with van der Waals surface area (Å²) in [5, 5.41) is 9.10. The number of hydrogen-bond donors (Lipinski definition) is 0. The van der Waals surface area contributed by atoms with E-state index in [1.54, 1.807) is 24.1 Å². The van der Waals surface area contributed by atoms with Gasteiger partial charge in [-0.3, -0.25) is 0 Å². The molecule has 0 amide bonds. The van der Waals surface area contributed by atoms with Crippen LogP contribution in [0.3, 0.4) is 0 Å². The number of rotatable bonds is 3. The molecule has 5 heteroatoms. The third-order valence-corrected chi connectivity index (χ3v) is 3.35. The van der Waals surface area contributed by atoms with Gasteiger partial charge in [-0.2, -0.15) is 5.26 Å². The summed E-state index contributed by atoms with van der Waals surface area (Å²) in [5.74, 6) is -0.288. The molecule has 1 aliphatic rings. The van der Waals surface area contributed by atoms with E-state index in [1.165, 1.54) is 6.07 Å². The third-order valence-electron chi connectivity index (χ3n) is 2.85. The number of anilines is 1. The molecule has 1 aromatic rings. The van der Waals surface area contributed by atoms with Crippen LogP contribution in [0.4, 0.5) is 10.1 Å². The number of nitrogens with zero attached hydrogens (tertiary/aromatic N) is 2. The summed E-state index contributed by atoms with van der Waals surface area (Å²) in [7, 11) is 1.78. The van der Waals surface area contributed by atoms with Crippen LogP contribution in [0.2, 0.25) is 0 Å². The summed E-state index contributed by atoms with van der Waals surface area (Å²) in [4.78, 5) is 1.76. The highest BCUT2D eigenvalue weighted by Gasteiger charge is 2.40. The number of nitriles is 1. The topological polar surface area (TPSA) is 36.3 Å². The quantitative estimate of drug-likeness (QED) is 0.860. The predicted octanol–water partition coefficient (Wildman–Crippen LogP) is 2.56. The molecule has 2 rings (SSSR count). The summed E-state index contributed by atoms with van der Waals surface area (Å²) in [5.41, 5.74) is -0.00958. The second-order valence-electron chi connectivity index (χ2n) is 4.34. The first kappa shape index (κ1) is 12.3. The summed E-state index contributed by atoms with van der Waals surface area (Å²) in [6.45, 7) is 1.31. The fourth-order valence-corrected chi connectivity index (χ4v) is 2.21. The van der Waals surface area contributed by atoms with Crippen LogP contribution in [0.5, 0.6) is 0 Å². The van der Waals surface area contributed by atoms with E-state index in [0.717, 1.165) is 4.47 Å². The van der Waals surface area contributed by atoms with Gasteiger partial charge in [-0.15, -0.1) is 0 Å². The Bertz CT molecular complexity index is 468. The second kappa shape index (κ2) is 4.63. The first-order valence-electron chi connectivity index (χ1n) is 5.21. The maximum absolute atomic E-state index is 13.6. The summed E-state index contributed by atoms with van der Waals surface area (Å²) in [6, 6.07) is 7.02. The van der Waals surface area contributed by atoms with Crippen LogP contribution in [0.1, 0.15) is 0 Å². The first-order chi connectivity index (χ1) is 8.06. The van der Waals surface area contributed by atoms with Crippen LogP contribution in [0, 0.1) is 22.6 Å². The van der Waals surface area contributed by atoms with Crippen molar-refractivity contribution in [3.8, 4) is 6.07 Å². The fraction of sp³-hybridized carbons (Fsp3) is 0.417. The SMILES string of the molecule is CN(CC1(C#N)COC1)c1cc(Br)ccc1F. The Balaban J connectivity index is 2.17. The largest absolute Gasteiger partial charge is 0.378 e. The number of halogens is 2. The van der Waals surface area contributed by atoms with Crippen molar-refractivity contribution in [2.24, 2.45) is 5.41 Å². The van der Waals surface area contributed by atoms with Gasteiger partial charge < -0.3 is 9.64 Å². The molecule has 0 N–H and O–H groups in total. The number of benzene rings is 1. The zero-order chi connectivity index (χ0) is 12.5. The molecular formula is C12H12BrFN2O. The average Bonchev–Trinajstić information content (AvgIpc) is 2.26. The van der Waals surface area contributed by atoms with Crippen LogP contribution >= 0.6 is 15.9 Å². The molecule has 1 fully saturated rings. The molecule has 0 spiro atoms. The van der Waals surface area contributed by atoms with Gasteiger partial charge >= 0.3 is 0 Å². The van der Waals surface area contributed by atoms with Crippen LogP contribution in [-0.4, -0.2) is 26.8 Å². The van der Waals surface area contributed by atoms with Crippen molar-refractivity contribution in [1.82, 2.24) is 0 Å². The van der Waals surface area contributed by atoms with Crippen molar-refractivity contribution in [3.63, 3.8) is 0 Å². The number of hydrogen-bond acceptors (Lipinski definition) is 3. The molecule has 0 aromatic heterocycles. The van der Waals surface area contributed by atoms with Crippen molar-refractivity contribution < 1.29 is 9.13 Å². The standard InChI is InChI=1S/C12H12BrFN2O/c1-16(6-12(5-15)7-17-8-12)11-4-9(13)2-3-10(11)14/h2-4H,6-8H2,1H3. The summed E-state index contributed by atoms with van der Waals surface area (Å²) >= 11 is 3.31. The highest BCUT2D eigenvalue weighted by atomic mass is 79.9. The Labute approximate surface area is 108 Å². The lowest BCUT2D eigenvalue weighted by atomic mass is 9.87. The van der Waals surface area contributed by atoms with Crippen molar-refractivity contribution in [2.75, 3.05) is 31.7 Å². The lowest BCUT2D eigenvalue weighted by Gasteiger charge is -2.38. The zero-order valence-electron chi connectivity index (χ0n) is 9.41. The van der Waals surface area contributed by atoms with Crippen LogP contribution in [0.25, 0.3) is 0 Å². The number of ether oxygens (including phenoxy) is 1. The Morgan fingerprint density at radius 2 is 2.29 bits per heavy atom. The summed E-state index contributed by atoms with van der Waals surface area (Å²) < 4.78 is 19.5. The molecule has 0 unspecified atom stereocenters. The molecule has 0 bridgehead atoms. The molecule has 3 nitrogen and oxygen atoms in total. The van der Waals surface area contributed by atoms with E-state index in [2.05, 4.69) is 22.0 Å². The van der Waals surface area contributed by atoms with Crippen LogP contribution in [0.15, 0.2) is 22.7 Å². The minimum atomic E-state index is -0.497. The maximum atomic E-state index is 13.6. The molecule has 90 valence electrons. The minimum Gasteiger partial charge on any atom is -0.378 e.